The van der Waals surface area contributed by atoms with E-state index in [1.54, 1.807) is 0 Å². The summed E-state index contributed by atoms with van der Waals surface area (Å²) in [5.41, 5.74) is -0.733. The van der Waals surface area contributed by atoms with E-state index in [0.717, 1.165) is 18.8 Å². The molecule has 17 heavy (non-hydrogen) atoms. The maximum absolute atomic E-state index is 12.3. The molecule has 2 rings (SSSR count). The van der Waals surface area contributed by atoms with Gasteiger partial charge in [0.05, 0.1) is 25.0 Å². The molecule has 1 aliphatic heterocycles. The minimum atomic E-state index is -4.34. The van der Waals surface area contributed by atoms with Crippen molar-refractivity contribution in [2.75, 3.05) is 13.2 Å². The van der Waals surface area contributed by atoms with E-state index in [-0.39, 0.29) is 6.29 Å². The van der Waals surface area contributed by atoms with Gasteiger partial charge in [-0.2, -0.15) is 18.3 Å². The molecule has 0 radical (unpaired) electrons. The van der Waals surface area contributed by atoms with Gasteiger partial charge in [-0.25, -0.2) is 0 Å². The van der Waals surface area contributed by atoms with Crippen LogP contribution in [0.2, 0.25) is 0 Å². The molecule has 0 N–H and O–H groups in total. The molecule has 0 aliphatic carbocycles. The van der Waals surface area contributed by atoms with E-state index < -0.39 is 11.7 Å². The third kappa shape index (κ3) is 3.44. The Labute approximate surface area is 96.3 Å². The molecule has 0 spiro atoms. The molecular weight excluding hydrogens is 237 g/mol. The molecule has 7 heteroatoms. The summed E-state index contributed by atoms with van der Waals surface area (Å²) in [7, 11) is 0. The summed E-state index contributed by atoms with van der Waals surface area (Å²) in [4.78, 5) is 0. The Kier molecular flexibility index (Phi) is 3.68. The molecular formula is C10H13F3N2O2. The van der Waals surface area contributed by atoms with Gasteiger partial charge in [-0.15, -0.1) is 0 Å². The molecule has 1 saturated heterocycles. The average Bonchev–Trinajstić information content (AvgIpc) is 2.76. The first-order valence-electron chi connectivity index (χ1n) is 5.38. The summed E-state index contributed by atoms with van der Waals surface area (Å²) >= 11 is 0. The SMILES string of the molecule is FC(F)(F)c1cnn(CCC2OCCCO2)c1. The molecule has 0 unspecified atom stereocenters. The Morgan fingerprint density at radius 3 is 2.65 bits per heavy atom. The van der Waals surface area contributed by atoms with E-state index in [2.05, 4.69) is 5.10 Å². The fourth-order valence-electron chi connectivity index (χ4n) is 1.57. The number of aryl methyl sites for hydroxylation is 1. The number of hydrogen-bond acceptors (Lipinski definition) is 3. The molecule has 2 heterocycles. The van der Waals surface area contributed by atoms with Crippen LogP contribution in [0.5, 0.6) is 0 Å². The van der Waals surface area contributed by atoms with Crippen LogP contribution < -0.4 is 0 Å². The lowest BCUT2D eigenvalue weighted by atomic mass is 10.3. The van der Waals surface area contributed by atoms with E-state index in [4.69, 9.17) is 9.47 Å². The molecule has 96 valence electrons. The van der Waals surface area contributed by atoms with Crippen molar-refractivity contribution in [1.82, 2.24) is 9.78 Å². The molecule has 0 saturated carbocycles. The molecule has 0 bridgehead atoms. The molecule has 0 atom stereocenters. The second-order valence-electron chi connectivity index (χ2n) is 3.80. The summed E-state index contributed by atoms with van der Waals surface area (Å²) in [6.07, 6.45) is -1.50. The first kappa shape index (κ1) is 12.4. The van der Waals surface area contributed by atoms with Crippen molar-refractivity contribution < 1.29 is 22.6 Å². The zero-order chi connectivity index (χ0) is 12.3. The zero-order valence-electron chi connectivity index (χ0n) is 9.11. The van der Waals surface area contributed by atoms with E-state index in [1.807, 2.05) is 0 Å². The highest BCUT2D eigenvalue weighted by Gasteiger charge is 2.32. The predicted molar refractivity (Wildman–Crippen MR) is 52.2 cm³/mol. The van der Waals surface area contributed by atoms with Gasteiger partial charge in [-0.1, -0.05) is 0 Å². The Hall–Kier alpha value is -1.08. The summed E-state index contributed by atoms with van der Waals surface area (Å²) in [6, 6.07) is 0. The lowest BCUT2D eigenvalue weighted by Gasteiger charge is -2.22. The van der Waals surface area contributed by atoms with Crippen molar-refractivity contribution >= 4 is 0 Å². The van der Waals surface area contributed by atoms with Crippen molar-refractivity contribution in [2.45, 2.75) is 31.9 Å². The van der Waals surface area contributed by atoms with Crippen LogP contribution in [0.25, 0.3) is 0 Å². The van der Waals surface area contributed by atoms with Gasteiger partial charge >= 0.3 is 6.18 Å². The van der Waals surface area contributed by atoms with Crippen molar-refractivity contribution in [3.05, 3.63) is 18.0 Å². The standard InChI is InChI=1S/C10H13F3N2O2/c11-10(12,13)8-6-14-15(7-8)3-2-9-16-4-1-5-17-9/h6-7,9H,1-5H2. The first-order valence-corrected chi connectivity index (χ1v) is 5.38. The summed E-state index contributed by atoms with van der Waals surface area (Å²) in [6.45, 7) is 1.62. The number of alkyl halides is 3. The van der Waals surface area contributed by atoms with Gasteiger partial charge in [-0.3, -0.25) is 4.68 Å². The van der Waals surface area contributed by atoms with Crippen LogP contribution in [0.4, 0.5) is 13.2 Å². The van der Waals surface area contributed by atoms with E-state index in [0.29, 0.717) is 26.2 Å². The number of hydrogen-bond donors (Lipinski definition) is 0. The summed E-state index contributed by atoms with van der Waals surface area (Å²) < 4.78 is 48.7. The second-order valence-corrected chi connectivity index (χ2v) is 3.80. The van der Waals surface area contributed by atoms with Crippen LogP contribution in [0.3, 0.4) is 0 Å². The highest BCUT2D eigenvalue weighted by molar-refractivity contribution is 5.08. The van der Waals surface area contributed by atoms with Gasteiger partial charge in [-0.05, 0) is 6.42 Å². The molecule has 1 aromatic rings. The highest BCUT2D eigenvalue weighted by Crippen LogP contribution is 2.28. The van der Waals surface area contributed by atoms with E-state index >= 15 is 0 Å². The molecule has 1 aliphatic rings. The summed E-state index contributed by atoms with van der Waals surface area (Å²) in [5.74, 6) is 0. The lowest BCUT2D eigenvalue weighted by molar-refractivity contribution is -0.182. The Morgan fingerprint density at radius 2 is 2.06 bits per heavy atom. The largest absolute Gasteiger partial charge is 0.419 e. The number of ether oxygens (including phenoxy) is 2. The third-order valence-electron chi connectivity index (χ3n) is 2.45. The van der Waals surface area contributed by atoms with Crippen LogP contribution >= 0.6 is 0 Å². The molecule has 1 fully saturated rings. The topological polar surface area (TPSA) is 36.3 Å². The van der Waals surface area contributed by atoms with E-state index in [9.17, 15) is 13.2 Å². The van der Waals surface area contributed by atoms with Crippen molar-refractivity contribution in [3.8, 4) is 0 Å². The minimum absolute atomic E-state index is 0.331. The fraction of sp³-hybridized carbons (Fsp3) is 0.700. The zero-order valence-corrected chi connectivity index (χ0v) is 9.11. The van der Waals surface area contributed by atoms with Gasteiger partial charge in [0.1, 0.15) is 0 Å². The normalized spacial score (nSPS) is 18.5. The van der Waals surface area contributed by atoms with Crippen molar-refractivity contribution in [3.63, 3.8) is 0 Å². The third-order valence-corrected chi connectivity index (χ3v) is 2.45. The number of nitrogens with zero attached hydrogens (tertiary/aromatic N) is 2. The van der Waals surface area contributed by atoms with Crippen LogP contribution in [0.1, 0.15) is 18.4 Å². The lowest BCUT2D eigenvalue weighted by Crippen LogP contribution is -2.26. The van der Waals surface area contributed by atoms with Crippen molar-refractivity contribution in [2.24, 2.45) is 0 Å². The highest BCUT2D eigenvalue weighted by atomic mass is 19.4. The smallest absolute Gasteiger partial charge is 0.353 e. The predicted octanol–water partition coefficient (Wildman–Crippen LogP) is 2.05. The number of aromatic nitrogens is 2. The molecule has 1 aromatic heterocycles. The molecule has 0 amide bonds. The van der Waals surface area contributed by atoms with Crippen LogP contribution in [0.15, 0.2) is 12.4 Å². The maximum Gasteiger partial charge on any atom is 0.419 e. The van der Waals surface area contributed by atoms with Gasteiger partial charge in [0.15, 0.2) is 6.29 Å². The maximum atomic E-state index is 12.3. The minimum Gasteiger partial charge on any atom is -0.353 e. The van der Waals surface area contributed by atoms with Crippen molar-refractivity contribution in [1.29, 1.82) is 0 Å². The number of rotatable bonds is 3. The Bertz CT molecular complexity index is 359. The average molecular weight is 250 g/mol. The fourth-order valence-corrected chi connectivity index (χ4v) is 1.57. The van der Waals surface area contributed by atoms with E-state index in [1.165, 1.54) is 4.68 Å². The van der Waals surface area contributed by atoms with Gasteiger partial charge in [0, 0.05) is 19.2 Å². The molecule has 0 aromatic carbocycles. The monoisotopic (exact) mass is 250 g/mol. The summed E-state index contributed by atoms with van der Waals surface area (Å²) in [5, 5.41) is 3.65. The van der Waals surface area contributed by atoms with Gasteiger partial charge in [0.2, 0.25) is 0 Å². The quantitative estimate of drug-likeness (QED) is 0.823. The van der Waals surface area contributed by atoms with Gasteiger partial charge < -0.3 is 9.47 Å². The second kappa shape index (κ2) is 5.05. The van der Waals surface area contributed by atoms with Gasteiger partial charge in [0.25, 0.3) is 0 Å². The van der Waals surface area contributed by atoms with Crippen LogP contribution in [-0.4, -0.2) is 29.3 Å². The Morgan fingerprint density at radius 1 is 1.35 bits per heavy atom. The van der Waals surface area contributed by atoms with Crippen LogP contribution in [0, 0.1) is 0 Å². The van der Waals surface area contributed by atoms with Crippen LogP contribution in [-0.2, 0) is 22.2 Å². The Balaban J connectivity index is 1.84. The number of halogens is 3. The first-order chi connectivity index (χ1) is 8.05. The molecule has 4 nitrogen and oxygen atoms in total.